The molecule has 0 unspecified atom stereocenters. The summed E-state index contributed by atoms with van der Waals surface area (Å²) in [5, 5.41) is 7.04. The zero-order chi connectivity index (χ0) is 19.0. The molecule has 1 aromatic heterocycles. The van der Waals surface area contributed by atoms with Gasteiger partial charge in [0.05, 0.1) is 12.2 Å². The summed E-state index contributed by atoms with van der Waals surface area (Å²) in [4.78, 5) is 8.88. The number of hydrogen-bond donors (Lipinski definition) is 2. The van der Waals surface area contributed by atoms with Crippen LogP contribution in [0.5, 0.6) is 0 Å². The summed E-state index contributed by atoms with van der Waals surface area (Å²) in [6, 6.07) is 11.1. The lowest BCUT2D eigenvalue weighted by Gasteiger charge is -2.29. The van der Waals surface area contributed by atoms with Gasteiger partial charge >= 0.3 is 0 Å². The average molecular weight is 379 g/mol. The van der Waals surface area contributed by atoms with Gasteiger partial charge in [-0.25, -0.2) is 9.97 Å². The van der Waals surface area contributed by atoms with Gasteiger partial charge in [-0.3, -0.25) is 0 Å². The number of nitrogens with one attached hydrogen (secondary N) is 2. The van der Waals surface area contributed by atoms with Gasteiger partial charge in [0.1, 0.15) is 18.0 Å². The first kappa shape index (κ1) is 18.9. The summed E-state index contributed by atoms with van der Waals surface area (Å²) >= 11 is 0. The molecule has 0 atom stereocenters. The molecule has 2 aromatic rings. The topological polar surface area (TPSA) is 59.1 Å². The van der Waals surface area contributed by atoms with Crippen molar-refractivity contribution in [3.05, 3.63) is 53.9 Å². The van der Waals surface area contributed by atoms with Gasteiger partial charge in [-0.15, -0.1) is 0 Å². The summed E-state index contributed by atoms with van der Waals surface area (Å²) in [5.74, 6) is 2.57. The fraction of sp³-hybridized carbons (Fsp3) is 0.478. The van der Waals surface area contributed by atoms with Crippen LogP contribution in [0.25, 0.3) is 6.08 Å². The van der Waals surface area contributed by atoms with Crippen molar-refractivity contribution in [3.63, 3.8) is 0 Å². The molecule has 0 radical (unpaired) electrons. The first-order valence-corrected chi connectivity index (χ1v) is 10.5. The Morgan fingerprint density at radius 3 is 2.79 bits per heavy atom. The molecule has 28 heavy (non-hydrogen) atoms. The maximum absolute atomic E-state index is 5.96. The molecule has 5 nitrogen and oxygen atoms in total. The molecule has 1 saturated carbocycles. The fourth-order valence-electron chi connectivity index (χ4n) is 4.04. The first-order valence-electron chi connectivity index (χ1n) is 10.5. The van der Waals surface area contributed by atoms with Crippen molar-refractivity contribution in [3.8, 4) is 0 Å². The van der Waals surface area contributed by atoms with Crippen molar-refractivity contribution in [1.29, 1.82) is 0 Å². The second-order valence-corrected chi connectivity index (χ2v) is 7.77. The second-order valence-electron chi connectivity index (χ2n) is 7.77. The minimum Gasteiger partial charge on any atom is -0.381 e. The molecule has 2 heterocycles. The highest BCUT2D eigenvalue weighted by Crippen LogP contribution is 2.29. The minimum absolute atomic E-state index is 0.483. The Hall–Kier alpha value is -2.40. The van der Waals surface area contributed by atoms with Gasteiger partial charge in [-0.05, 0) is 50.0 Å². The molecular formula is C23H30N4O. The van der Waals surface area contributed by atoms with E-state index in [1.54, 1.807) is 6.33 Å². The predicted octanol–water partition coefficient (Wildman–Crippen LogP) is 4.54. The molecule has 1 aromatic carbocycles. The van der Waals surface area contributed by atoms with Crippen LogP contribution in [0.3, 0.4) is 0 Å². The van der Waals surface area contributed by atoms with Gasteiger partial charge in [-0.2, -0.15) is 0 Å². The van der Waals surface area contributed by atoms with Crippen molar-refractivity contribution < 1.29 is 4.74 Å². The molecular weight excluding hydrogens is 348 g/mol. The maximum atomic E-state index is 5.96. The largest absolute Gasteiger partial charge is 0.381 e. The van der Waals surface area contributed by atoms with E-state index in [0.29, 0.717) is 12.0 Å². The third kappa shape index (κ3) is 5.10. The van der Waals surface area contributed by atoms with E-state index in [4.69, 9.17) is 4.74 Å². The molecule has 2 aliphatic rings. The summed E-state index contributed by atoms with van der Waals surface area (Å²) in [7, 11) is 0. The number of ether oxygens (including phenoxy) is 1. The monoisotopic (exact) mass is 378 g/mol. The highest BCUT2D eigenvalue weighted by Gasteiger charge is 2.22. The lowest BCUT2D eigenvalue weighted by molar-refractivity contribution is 0.0860. The van der Waals surface area contributed by atoms with Crippen LogP contribution < -0.4 is 10.6 Å². The van der Waals surface area contributed by atoms with Crippen LogP contribution in [-0.4, -0.2) is 35.8 Å². The fourth-order valence-corrected chi connectivity index (χ4v) is 4.04. The number of hydrogen-bond acceptors (Lipinski definition) is 5. The molecule has 0 saturated heterocycles. The molecule has 0 spiro atoms. The molecule has 5 heteroatoms. The Kier molecular flexibility index (Phi) is 6.56. The third-order valence-corrected chi connectivity index (χ3v) is 5.69. The van der Waals surface area contributed by atoms with Crippen LogP contribution in [0.4, 0.5) is 11.6 Å². The molecule has 148 valence electrons. The molecule has 1 aliphatic heterocycles. The number of aromatic nitrogens is 2. The maximum Gasteiger partial charge on any atom is 0.139 e. The van der Waals surface area contributed by atoms with Crippen LogP contribution in [-0.2, 0) is 11.2 Å². The number of rotatable bonds is 7. The lowest BCUT2D eigenvalue weighted by Crippen LogP contribution is -2.28. The summed E-state index contributed by atoms with van der Waals surface area (Å²) in [6.45, 7) is 2.62. The molecule has 1 aliphatic carbocycles. The van der Waals surface area contributed by atoms with Crippen molar-refractivity contribution in [2.45, 2.75) is 44.6 Å². The molecule has 2 N–H and O–H groups in total. The Morgan fingerprint density at radius 1 is 1.07 bits per heavy atom. The van der Waals surface area contributed by atoms with Gasteiger partial charge in [0.15, 0.2) is 0 Å². The van der Waals surface area contributed by atoms with E-state index >= 15 is 0 Å². The van der Waals surface area contributed by atoms with E-state index in [2.05, 4.69) is 63.1 Å². The predicted molar refractivity (Wildman–Crippen MR) is 115 cm³/mol. The average Bonchev–Trinajstić information content (AvgIpc) is 3.00. The van der Waals surface area contributed by atoms with E-state index in [0.717, 1.165) is 49.8 Å². The zero-order valence-electron chi connectivity index (χ0n) is 16.4. The lowest BCUT2D eigenvalue weighted by atomic mass is 9.86. The van der Waals surface area contributed by atoms with Crippen LogP contribution in [0.1, 0.15) is 43.2 Å². The van der Waals surface area contributed by atoms with Crippen LogP contribution in [0.2, 0.25) is 0 Å². The normalized spacial score (nSPS) is 21.4. The molecule has 0 bridgehead atoms. The van der Waals surface area contributed by atoms with E-state index in [9.17, 15) is 0 Å². The molecule has 0 amide bonds. The number of nitrogens with zero attached hydrogens (tertiary/aromatic N) is 2. The smallest absolute Gasteiger partial charge is 0.139 e. The third-order valence-electron chi connectivity index (χ3n) is 5.69. The van der Waals surface area contributed by atoms with Gasteiger partial charge in [0, 0.05) is 19.2 Å². The summed E-state index contributed by atoms with van der Waals surface area (Å²) in [5.41, 5.74) is 2.44. The van der Waals surface area contributed by atoms with Crippen molar-refractivity contribution >= 4 is 17.7 Å². The highest BCUT2D eigenvalue weighted by atomic mass is 16.5. The number of anilines is 2. The first-order chi connectivity index (χ1) is 13.9. The Balaban J connectivity index is 1.21. The molecule has 1 fully saturated rings. The van der Waals surface area contributed by atoms with E-state index < -0.39 is 0 Å². The van der Waals surface area contributed by atoms with E-state index in [1.165, 1.54) is 31.2 Å². The Morgan fingerprint density at radius 2 is 1.93 bits per heavy atom. The van der Waals surface area contributed by atoms with E-state index in [1.807, 2.05) is 0 Å². The summed E-state index contributed by atoms with van der Waals surface area (Å²) < 4.78 is 5.96. The van der Waals surface area contributed by atoms with Gasteiger partial charge in [0.25, 0.3) is 0 Å². The molecule has 4 rings (SSSR count). The van der Waals surface area contributed by atoms with Crippen molar-refractivity contribution in [2.75, 3.05) is 30.4 Å². The quantitative estimate of drug-likeness (QED) is 0.693. The SMILES string of the molecule is C1=Cc2c(ncnc2NC2CCC(COCCc3ccccc3)CC2)NCC1. The minimum atomic E-state index is 0.483. The summed E-state index contributed by atoms with van der Waals surface area (Å²) in [6.07, 6.45) is 12.8. The zero-order valence-corrected chi connectivity index (χ0v) is 16.4. The number of fused-ring (bicyclic) bond motifs is 1. The van der Waals surface area contributed by atoms with E-state index in [-0.39, 0.29) is 0 Å². The van der Waals surface area contributed by atoms with Crippen LogP contribution >= 0.6 is 0 Å². The van der Waals surface area contributed by atoms with Crippen LogP contribution in [0, 0.1) is 5.92 Å². The standard InChI is InChI=1S/C23H30N4O/c1-2-6-18(7-3-1)13-15-28-16-19-9-11-20(12-10-19)27-23-21-8-4-5-14-24-22(21)25-17-26-23/h1-4,6-8,17,19-20H,5,9-16H2,(H2,24,25,26,27). The Bertz CT molecular complexity index is 769. The Labute approximate surface area is 167 Å². The number of benzene rings is 1. The van der Waals surface area contributed by atoms with Gasteiger partial charge < -0.3 is 15.4 Å². The van der Waals surface area contributed by atoms with Crippen LogP contribution in [0.15, 0.2) is 42.7 Å². The van der Waals surface area contributed by atoms with Crippen molar-refractivity contribution in [1.82, 2.24) is 9.97 Å². The van der Waals surface area contributed by atoms with Crippen molar-refractivity contribution in [2.24, 2.45) is 5.92 Å². The highest BCUT2D eigenvalue weighted by molar-refractivity contribution is 5.73. The second kappa shape index (κ2) is 9.69. The van der Waals surface area contributed by atoms with Gasteiger partial charge in [-0.1, -0.05) is 42.5 Å². The van der Waals surface area contributed by atoms with Gasteiger partial charge in [0.2, 0.25) is 0 Å².